The second kappa shape index (κ2) is 5.45. The third kappa shape index (κ3) is 2.12. The maximum Gasteiger partial charge on any atom is 0.182 e. The normalized spacial score (nSPS) is 11.5. The molecular formula is C16H16ClN7. The van der Waals surface area contributed by atoms with E-state index in [0.717, 1.165) is 27.9 Å². The number of nitrogens with zero attached hydrogens (tertiary/aromatic N) is 6. The summed E-state index contributed by atoms with van der Waals surface area (Å²) in [5.74, 6) is 1.22. The molecule has 0 fully saturated rings. The van der Waals surface area contributed by atoms with Gasteiger partial charge in [-0.05, 0) is 19.9 Å². The number of H-pyrrole nitrogens is 1. The van der Waals surface area contributed by atoms with Crippen LogP contribution in [0.5, 0.6) is 0 Å². The Hall–Kier alpha value is -2.67. The molecule has 7 nitrogen and oxygen atoms in total. The van der Waals surface area contributed by atoms with E-state index in [1.54, 1.807) is 0 Å². The van der Waals surface area contributed by atoms with Gasteiger partial charge in [-0.25, -0.2) is 4.98 Å². The molecule has 24 heavy (non-hydrogen) atoms. The van der Waals surface area contributed by atoms with Crippen LogP contribution in [0.4, 0.5) is 0 Å². The summed E-state index contributed by atoms with van der Waals surface area (Å²) in [6.07, 6.45) is 1.83. The van der Waals surface area contributed by atoms with Crippen molar-refractivity contribution in [3.63, 3.8) is 0 Å². The molecule has 0 radical (unpaired) electrons. The van der Waals surface area contributed by atoms with Crippen LogP contribution in [0.15, 0.2) is 24.4 Å². The van der Waals surface area contributed by atoms with Crippen LogP contribution < -0.4 is 0 Å². The summed E-state index contributed by atoms with van der Waals surface area (Å²) in [5, 5.41) is 17.7. The molecule has 0 spiro atoms. The smallest absolute Gasteiger partial charge is 0.182 e. The largest absolute Gasteiger partial charge is 0.268 e. The van der Waals surface area contributed by atoms with Crippen molar-refractivity contribution in [1.82, 2.24) is 34.7 Å². The minimum absolute atomic E-state index is 0.596. The first kappa shape index (κ1) is 14.9. The number of fused-ring (bicyclic) bond motifs is 1. The number of nitrogens with one attached hydrogen (secondary N) is 1. The molecule has 122 valence electrons. The van der Waals surface area contributed by atoms with Crippen LogP contribution in [0.3, 0.4) is 0 Å². The van der Waals surface area contributed by atoms with Gasteiger partial charge in [0.05, 0.1) is 22.4 Å². The van der Waals surface area contributed by atoms with E-state index in [0.29, 0.717) is 23.2 Å². The number of hydrogen-bond donors (Lipinski definition) is 1. The zero-order chi connectivity index (χ0) is 16.8. The minimum Gasteiger partial charge on any atom is -0.268 e. The van der Waals surface area contributed by atoms with Gasteiger partial charge in [-0.15, -0.1) is 0 Å². The van der Waals surface area contributed by atoms with Crippen molar-refractivity contribution in [3.8, 4) is 22.9 Å². The van der Waals surface area contributed by atoms with E-state index in [-0.39, 0.29) is 0 Å². The van der Waals surface area contributed by atoms with Crippen molar-refractivity contribution >= 4 is 22.5 Å². The number of aryl methyl sites for hydroxylation is 3. The highest BCUT2D eigenvalue weighted by molar-refractivity contribution is 6.33. The second-order valence-electron chi connectivity index (χ2n) is 5.58. The lowest BCUT2D eigenvalue weighted by Gasteiger charge is -2.01. The number of aromatic nitrogens is 7. The quantitative estimate of drug-likeness (QED) is 0.620. The molecule has 1 N–H and O–H groups in total. The van der Waals surface area contributed by atoms with E-state index in [1.807, 2.05) is 54.7 Å². The lowest BCUT2D eigenvalue weighted by Crippen LogP contribution is -2.00. The molecule has 0 aliphatic heterocycles. The summed E-state index contributed by atoms with van der Waals surface area (Å²) in [6.45, 7) is 4.60. The molecule has 0 atom stereocenters. The highest BCUT2D eigenvalue weighted by atomic mass is 35.5. The van der Waals surface area contributed by atoms with Crippen molar-refractivity contribution in [2.75, 3.05) is 0 Å². The van der Waals surface area contributed by atoms with Gasteiger partial charge in [0.2, 0.25) is 0 Å². The third-order valence-electron chi connectivity index (χ3n) is 4.10. The summed E-state index contributed by atoms with van der Waals surface area (Å²) in [7, 11) is 1.91. The Bertz CT molecular complexity index is 1040. The Morgan fingerprint density at radius 2 is 2.12 bits per heavy atom. The average molecular weight is 342 g/mol. The van der Waals surface area contributed by atoms with Crippen molar-refractivity contribution in [2.24, 2.45) is 7.05 Å². The van der Waals surface area contributed by atoms with E-state index in [9.17, 15) is 0 Å². The van der Waals surface area contributed by atoms with Gasteiger partial charge in [0.15, 0.2) is 11.6 Å². The molecule has 1 aromatic carbocycles. The van der Waals surface area contributed by atoms with Gasteiger partial charge >= 0.3 is 0 Å². The first-order valence-electron chi connectivity index (χ1n) is 7.67. The number of hydrogen-bond acceptors (Lipinski definition) is 4. The minimum atomic E-state index is 0.596. The lowest BCUT2D eigenvalue weighted by atomic mass is 10.1. The second-order valence-corrected chi connectivity index (χ2v) is 5.96. The third-order valence-corrected chi connectivity index (χ3v) is 4.55. The first-order chi connectivity index (χ1) is 11.6. The number of rotatable bonds is 3. The highest BCUT2D eigenvalue weighted by Crippen LogP contribution is 2.31. The molecule has 3 aromatic heterocycles. The summed E-state index contributed by atoms with van der Waals surface area (Å²) in [4.78, 5) is 4.64. The Balaban J connectivity index is 1.86. The predicted molar refractivity (Wildman–Crippen MR) is 92.7 cm³/mol. The highest BCUT2D eigenvalue weighted by Gasteiger charge is 2.19. The molecule has 0 saturated carbocycles. The lowest BCUT2D eigenvalue weighted by molar-refractivity contribution is 0.657. The Labute approximate surface area is 143 Å². The molecular weight excluding hydrogens is 326 g/mol. The van der Waals surface area contributed by atoms with Crippen molar-refractivity contribution < 1.29 is 0 Å². The van der Waals surface area contributed by atoms with Crippen LogP contribution in [0, 0.1) is 6.92 Å². The molecule has 0 aliphatic carbocycles. The molecule has 0 bridgehead atoms. The Kier molecular flexibility index (Phi) is 3.38. The zero-order valence-corrected chi connectivity index (χ0v) is 14.3. The van der Waals surface area contributed by atoms with Crippen LogP contribution in [0.25, 0.3) is 33.8 Å². The van der Waals surface area contributed by atoms with Crippen LogP contribution >= 0.6 is 11.6 Å². The average Bonchev–Trinajstić information content (AvgIpc) is 3.27. The van der Waals surface area contributed by atoms with Gasteiger partial charge in [-0.3, -0.25) is 14.5 Å². The monoisotopic (exact) mass is 341 g/mol. The van der Waals surface area contributed by atoms with E-state index in [4.69, 9.17) is 11.6 Å². The summed E-state index contributed by atoms with van der Waals surface area (Å²) < 4.78 is 3.66. The SMILES string of the molecule is CCn1nc(C)c(Cl)c1-c1nc(-c2cccc3c2cnn3C)n[nH]1. The molecule has 0 saturated heterocycles. The predicted octanol–water partition coefficient (Wildman–Crippen LogP) is 3.20. The first-order valence-corrected chi connectivity index (χ1v) is 8.04. The van der Waals surface area contributed by atoms with Crippen LogP contribution in [-0.2, 0) is 13.6 Å². The van der Waals surface area contributed by atoms with Gasteiger partial charge in [0, 0.05) is 24.5 Å². The molecule has 4 aromatic rings. The maximum absolute atomic E-state index is 6.40. The fourth-order valence-corrected chi connectivity index (χ4v) is 3.10. The molecule has 8 heteroatoms. The fourth-order valence-electron chi connectivity index (χ4n) is 2.88. The Morgan fingerprint density at radius 3 is 2.92 bits per heavy atom. The molecule has 3 heterocycles. The van der Waals surface area contributed by atoms with Crippen LogP contribution in [0.1, 0.15) is 12.6 Å². The maximum atomic E-state index is 6.40. The fraction of sp³-hybridized carbons (Fsp3) is 0.250. The Morgan fingerprint density at radius 1 is 1.29 bits per heavy atom. The van der Waals surface area contributed by atoms with Gasteiger partial charge < -0.3 is 0 Å². The molecule has 4 rings (SSSR count). The molecule has 0 unspecified atom stereocenters. The standard InChI is InChI=1S/C16H16ClN7/c1-4-24-14(13(17)9(2)22-24)16-19-15(20-21-16)10-6-5-7-12-11(10)8-18-23(12)3/h5-8H,4H2,1-3H3,(H,19,20,21). The van der Waals surface area contributed by atoms with Gasteiger partial charge in [0.1, 0.15) is 5.69 Å². The van der Waals surface area contributed by atoms with Crippen LogP contribution in [0.2, 0.25) is 5.02 Å². The van der Waals surface area contributed by atoms with Crippen LogP contribution in [-0.4, -0.2) is 34.7 Å². The van der Waals surface area contributed by atoms with Gasteiger partial charge in [-0.1, -0.05) is 23.7 Å². The summed E-state index contributed by atoms with van der Waals surface area (Å²) in [6, 6.07) is 5.98. The molecule has 0 aliphatic rings. The summed E-state index contributed by atoms with van der Waals surface area (Å²) in [5.41, 5.74) is 3.50. The van der Waals surface area contributed by atoms with Gasteiger partial charge in [-0.2, -0.15) is 15.3 Å². The van der Waals surface area contributed by atoms with Crippen molar-refractivity contribution in [2.45, 2.75) is 20.4 Å². The van der Waals surface area contributed by atoms with Crippen molar-refractivity contribution in [3.05, 3.63) is 35.1 Å². The zero-order valence-electron chi connectivity index (χ0n) is 13.6. The van der Waals surface area contributed by atoms with E-state index >= 15 is 0 Å². The van der Waals surface area contributed by atoms with E-state index < -0.39 is 0 Å². The number of benzene rings is 1. The summed E-state index contributed by atoms with van der Waals surface area (Å²) >= 11 is 6.40. The van der Waals surface area contributed by atoms with Crippen molar-refractivity contribution in [1.29, 1.82) is 0 Å². The van der Waals surface area contributed by atoms with E-state index in [1.165, 1.54) is 0 Å². The van der Waals surface area contributed by atoms with Gasteiger partial charge in [0.25, 0.3) is 0 Å². The topological polar surface area (TPSA) is 77.2 Å². The number of halogens is 1. The van der Waals surface area contributed by atoms with E-state index in [2.05, 4.69) is 25.4 Å². The molecule has 0 amide bonds. The number of aromatic amines is 1.